The molecule has 3 aromatic rings. The molecule has 0 spiro atoms. The Balaban J connectivity index is 1.46. The number of hydrogen-bond acceptors (Lipinski definition) is 5. The highest BCUT2D eigenvalue weighted by Gasteiger charge is 2.50. The number of alkyl halides is 2. The number of nitrogens with zero attached hydrogens (tertiary/aromatic N) is 2. The van der Waals surface area contributed by atoms with E-state index in [0.717, 1.165) is 40.4 Å². The summed E-state index contributed by atoms with van der Waals surface area (Å²) in [5.74, 6) is -0.749. The SMILES string of the molecule is CC(C)(C)C(NC(=O)/C=C/c1ccc(C(F)(F)P(=O)(O)O)cc1)C(=O)N1CCC[C@H]1c1ncc(-c2ccccc2)s1. The van der Waals surface area contributed by atoms with Crippen molar-refractivity contribution in [3.63, 3.8) is 0 Å². The number of nitrogens with one attached hydrogen (secondary N) is 1. The van der Waals surface area contributed by atoms with Crippen LogP contribution in [0.5, 0.6) is 0 Å². The van der Waals surface area contributed by atoms with Gasteiger partial charge in [0.25, 0.3) is 0 Å². The van der Waals surface area contributed by atoms with Gasteiger partial charge >= 0.3 is 13.3 Å². The molecule has 0 aliphatic carbocycles. The second-order valence-electron chi connectivity index (χ2n) is 11.0. The third-order valence-corrected chi connectivity index (χ3v) is 8.99. The molecule has 0 radical (unpaired) electrons. The van der Waals surface area contributed by atoms with E-state index in [-0.39, 0.29) is 11.9 Å². The normalized spacial score (nSPS) is 17.1. The first-order chi connectivity index (χ1) is 19.2. The van der Waals surface area contributed by atoms with Crippen LogP contribution in [0.3, 0.4) is 0 Å². The Morgan fingerprint density at radius 3 is 2.39 bits per heavy atom. The average Bonchev–Trinajstić information content (AvgIpc) is 3.60. The summed E-state index contributed by atoms with van der Waals surface area (Å²) in [6, 6.07) is 13.1. The van der Waals surface area contributed by atoms with E-state index < -0.39 is 36.2 Å². The standard InChI is InChI=1S/C29H32F2N3O5PS/c1-28(2,3)25(33-24(35)16-13-19-11-14-21(15-12-19)29(30,31)40(37,38)39)27(36)34-17-7-10-22(34)26-32-18-23(41-26)20-8-5-4-6-9-20/h4-6,8-9,11-16,18,22,25H,7,10,17H2,1-3H3,(H,33,35)(H2,37,38,39)/b16-13+/t22-,25?/m0/s1. The van der Waals surface area contributed by atoms with E-state index in [9.17, 15) is 22.9 Å². The van der Waals surface area contributed by atoms with E-state index in [2.05, 4.69) is 10.3 Å². The summed E-state index contributed by atoms with van der Waals surface area (Å²) in [6.45, 7) is 6.14. The van der Waals surface area contributed by atoms with E-state index >= 15 is 0 Å². The number of hydrogen-bond donors (Lipinski definition) is 3. The quantitative estimate of drug-likeness (QED) is 0.216. The van der Waals surface area contributed by atoms with Crippen LogP contribution in [0.1, 0.15) is 55.8 Å². The molecule has 1 fully saturated rings. The summed E-state index contributed by atoms with van der Waals surface area (Å²) >= 11 is 1.55. The number of benzene rings is 2. The Kier molecular flexibility index (Phi) is 8.94. The maximum atomic E-state index is 13.9. The van der Waals surface area contributed by atoms with E-state index in [1.807, 2.05) is 57.3 Å². The molecule has 1 saturated heterocycles. The molecule has 1 unspecified atom stereocenters. The van der Waals surface area contributed by atoms with E-state index in [4.69, 9.17) is 9.79 Å². The number of amides is 2. The van der Waals surface area contributed by atoms with Crippen LogP contribution < -0.4 is 5.32 Å². The molecule has 1 aromatic heterocycles. The summed E-state index contributed by atoms with van der Waals surface area (Å²) in [6.07, 6.45) is 5.98. The van der Waals surface area contributed by atoms with Gasteiger partial charge in [0.05, 0.1) is 10.9 Å². The fourth-order valence-corrected chi connectivity index (χ4v) is 6.16. The molecule has 2 aromatic carbocycles. The lowest BCUT2D eigenvalue weighted by Crippen LogP contribution is -2.54. The zero-order chi connectivity index (χ0) is 30.0. The summed E-state index contributed by atoms with van der Waals surface area (Å²) < 4.78 is 38.9. The van der Waals surface area contributed by atoms with Gasteiger partial charge in [-0.15, -0.1) is 11.3 Å². The Bertz CT molecular complexity index is 1470. The van der Waals surface area contributed by atoms with Gasteiger partial charge < -0.3 is 20.0 Å². The number of thiazole rings is 1. The number of rotatable bonds is 8. The van der Waals surface area contributed by atoms with Crippen LogP contribution in [0.4, 0.5) is 8.78 Å². The lowest BCUT2D eigenvalue weighted by Gasteiger charge is -2.35. The minimum Gasteiger partial charge on any atom is -0.340 e. The Labute approximate surface area is 241 Å². The molecule has 2 atom stereocenters. The highest BCUT2D eigenvalue weighted by molar-refractivity contribution is 7.52. The van der Waals surface area contributed by atoms with Crippen molar-refractivity contribution < 1.29 is 32.7 Å². The Hall–Kier alpha value is -3.24. The van der Waals surface area contributed by atoms with E-state index in [1.165, 1.54) is 24.3 Å². The van der Waals surface area contributed by atoms with E-state index in [1.54, 1.807) is 16.2 Å². The average molecular weight is 604 g/mol. The molecule has 12 heteroatoms. The summed E-state index contributed by atoms with van der Waals surface area (Å²) in [7, 11) is -5.68. The van der Waals surface area contributed by atoms with Crippen molar-refractivity contribution >= 4 is 36.8 Å². The van der Waals surface area contributed by atoms with Crippen molar-refractivity contribution in [2.45, 2.75) is 51.4 Å². The van der Waals surface area contributed by atoms with Crippen LogP contribution in [0.25, 0.3) is 16.5 Å². The molecule has 0 saturated carbocycles. The van der Waals surface area contributed by atoms with Gasteiger partial charge in [0.2, 0.25) is 11.8 Å². The zero-order valence-electron chi connectivity index (χ0n) is 22.8. The van der Waals surface area contributed by atoms with Crippen LogP contribution in [0.15, 0.2) is 66.9 Å². The van der Waals surface area contributed by atoms with E-state index in [0.29, 0.717) is 12.1 Å². The lowest BCUT2D eigenvalue weighted by atomic mass is 9.85. The number of carbonyl (C=O) groups is 2. The van der Waals surface area contributed by atoms with Crippen molar-refractivity contribution in [2.75, 3.05) is 6.54 Å². The largest absolute Gasteiger partial charge is 0.399 e. The number of halogens is 2. The van der Waals surface area contributed by atoms with Crippen molar-refractivity contribution in [2.24, 2.45) is 5.41 Å². The topological polar surface area (TPSA) is 120 Å². The highest BCUT2D eigenvalue weighted by atomic mass is 32.1. The Morgan fingerprint density at radius 2 is 1.78 bits per heavy atom. The lowest BCUT2D eigenvalue weighted by molar-refractivity contribution is -0.139. The molecule has 1 aliphatic heterocycles. The number of aromatic nitrogens is 1. The predicted octanol–water partition coefficient (Wildman–Crippen LogP) is 5.94. The maximum absolute atomic E-state index is 13.9. The van der Waals surface area contributed by atoms with Gasteiger partial charge in [-0.25, -0.2) is 4.98 Å². The van der Waals surface area contributed by atoms with Crippen molar-refractivity contribution in [3.8, 4) is 10.4 Å². The van der Waals surface area contributed by atoms with Gasteiger partial charge in [-0.1, -0.05) is 75.4 Å². The van der Waals surface area contributed by atoms with Crippen molar-refractivity contribution in [1.82, 2.24) is 15.2 Å². The third-order valence-electron chi connectivity index (χ3n) is 6.85. The minimum absolute atomic E-state index is 0.188. The molecule has 4 rings (SSSR count). The van der Waals surface area contributed by atoms with Crippen molar-refractivity contribution in [3.05, 3.63) is 83.0 Å². The Morgan fingerprint density at radius 1 is 1.12 bits per heavy atom. The first kappa shape index (κ1) is 30.7. The van der Waals surface area contributed by atoms with Gasteiger partial charge in [-0.2, -0.15) is 8.78 Å². The van der Waals surface area contributed by atoms with Gasteiger partial charge in [0.1, 0.15) is 11.0 Å². The molecular weight excluding hydrogens is 571 g/mol. The predicted molar refractivity (Wildman–Crippen MR) is 154 cm³/mol. The second kappa shape index (κ2) is 11.9. The fraction of sp³-hybridized carbons (Fsp3) is 0.345. The van der Waals surface area contributed by atoms with Gasteiger partial charge in [-0.3, -0.25) is 14.2 Å². The summed E-state index contributed by atoms with van der Waals surface area (Å²) in [5.41, 5.74) is -4.34. The van der Waals surface area contributed by atoms with Crippen LogP contribution >= 0.6 is 18.9 Å². The van der Waals surface area contributed by atoms with Gasteiger partial charge in [0.15, 0.2) is 0 Å². The third kappa shape index (κ3) is 6.98. The number of likely N-dealkylation sites (tertiary alicyclic amines) is 1. The highest BCUT2D eigenvalue weighted by Crippen LogP contribution is 2.59. The summed E-state index contributed by atoms with van der Waals surface area (Å²) in [4.78, 5) is 51.9. The fourth-order valence-electron chi connectivity index (χ4n) is 4.60. The number of carbonyl (C=O) groups excluding carboxylic acids is 2. The van der Waals surface area contributed by atoms with Crippen LogP contribution in [0.2, 0.25) is 0 Å². The monoisotopic (exact) mass is 603 g/mol. The van der Waals surface area contributed by atoms with Crippen molar-refractivity contribution in [1.29, 1.82) is 0 Å². The molecule has 1 aliphatic rings. The first-order valence-electron chi connectivity index (χ1n) is 13.0. The molecule has 0 bridgehead atoms. The molecule has 218 valence electrons. The first-order valence-corrected chi connectivity index (χ1v) is 15.5. The smallest absolute Gasteiger partial charge is 0.340 e. The molecule has 8 nitrogen and oxygen atoms in total. The van der Waals surface area contributed by atoms with Crippen LogP contribution in [-0.4, -0.2) is 44.1 Å². The van der Waals surface area contributed by atoms with Gasteiger partial charge in [-0.05, 0) is 35.5 Å². The molecule has 41 heavy (non-hydrogen) atoms. The molecular formula is C29H32F2N3O5PS. The van der Waals surface area contributed by atoms with Crippen LogP contribution in [-0.2, 0) is 19.8 Å². The minimum atomic E-state index is -5.68. The van der Waals surface area contributed by atoms with Gasteiger partial charge in [0, 0.05) is 24.4 Å². The summed E-state index contributed by atoms with van der Waals surface area (Å²) in [5, 5.41) is 3.65. The van der Waals surface area contributed by atoms with Crippen LogP contribution in [0, 0.1) is 5.41 Å². The molecule has 3 N–H and O–H groups in total. The maximum Gasteiger partial charge on any atom is 0.399 e. The second-order valence-corrected chi connectivity index (χ2v) is 13.7. The molecule has 2 amide bonds. The zero-order valence-corrected chi connectivity index (χ0v) is 24.5. The molecule has 2 heterocycles.